The van der Waals surface area contributed by atoms with Crippen molar-refractivity contribution in [1.29, 1.82) is 0 Å². The van der Waals surface area contributed by atoms with Gasteiger partial charge in [0.05, 0.1) is 30.2 Å². The van der Waals surface area contributed by atoms with Crippen molar-refractivity contribution in [1.82, 2.24) is 5.32 Å². The number of hydrogen-bond donors (Lipinski definition) is 5. The number of esters is 2. The molecule has 2 amide bonds. The van der Waals surface area contributed by atoms with E-state index >= 15 is 0 Å². The van der Waals surface area contributed by atoms with Crippen molar-refractivity contribution in [3.05, 3.63) is 70.8 Å². The summed E-state index contributed by atoms with van der Waals surface area (Å²) in [5, 5.41) is 23.7. The minimum Gasteiger partial charge on any atom is -0.495 e. The Labute approximate surface area is 312 Å². The van der Waals surface area contributed by atoms with Crippen LogP contribution in [-0.4, -0.2) is 72.3 Å². The number of aryl methyl sites for hydroxylation is 1. The zero-order chi connectivity index (χ0) is 39.9. The van der Waals surface area contributed by atoms with Gasteiger partial charge in [-0.3, -0.25) is 19.2 Å². The first-order valence-corrected chi connectivity index (χ1v) is 17.3. The number of aliphatic hydroxyl groups excluding tert-OH is 1. The van der Waals surface area contributed by atoms with E-state index in [2.05, 4.69) is 17.6 Å². The predicted molar refractivity (Wildman–Crippen MR) is 201 cm³/mol. The highest BCUT2D eigenvalue weighted by molar-refractivity contribution is 6.32. The minimum absolute atomic E-state index is 0.0625. The lowest BCUT2D eigenvalue weighted by molar-refractivity contribution is -0.171. The molecule has 0 bridgehead atoms. The first-order valence-electron chi connectivity index (χ1n) is 17.0. The summed E-state index contributed by atoms with van der Waals surface area (Å²) < 4.78 is 14.9. The Morgan fingerprint density at radius 3 is 2.12 bits per heavy atom. The number of hydrogen-bond acceptors (Lipinski definition) is 10. The van der Waals surface area contributed by atoms with Gasteiger partial charge in [-0.15, -0.1) is 0 Å². The van der Waals surface area contributed by atoms with Crippen LogP contribution in [0.3, 0.4) is 0 Å². The third-order valence-corrected chi connectivity index (χ3v) is 7.27. The third-order valence-electron chi connectivity index (χ3n) is 6.98. The quantitative estimate of drug-likeness (QED) is 0.102. The second-order valence-electron chi connectivity index (χ2n) is 12.9. The molecule has 0 aliphatic heterocycles. The van der Waals surface area contributed by atoms with Crippen LogP contribution in [0.2, 0.25) is 5.02 Å². The lowest BCUT2D eigenvalue weighted by Crippen LogP contribution is -2.42. The van der Waals surface area contributed by atoms with Crippen molar-refractivity contribution in [3.8, 4) is 5.75 Å². The number of nitrogens with one attached hydrogen (secondary N) is 2. The number of aliphatic hydroxyl groups is 1. The van der Waals surface area contributed by atoms with E-state index in [9.17, 15) is 24.0 Å². The number of carbonyl (C=O) groups is 5. The molecule has 0 aliphatic rings. The van der Waals surface area contributed by atoms with E-state index < -0.39 is 23.5 Å². The van der Waals surface area contributed by atoms with Crippen LogP contribution in [0.1, 0.15) is 78.9 Å². The summed E-state index contributed by atoms with van der Waals surface area (Å²) in [5.41, 5.74) is 7.02. The van der Waals surface area contributed by atoms with Gasteiger partial charge >= 0.3 is 17.9 Å². The fraction of sp³-hybridized carbons (Fsp3) is 0.500. The molecule has 2 unspecified atom stereocenters. The monoisotopic (exact) mass is 749 g/mol. The smallest absolute Gasteiger partial charge is 0.345 e. The van der Waals surface area contributed by atoms with Gasteiger partial charge in [-0.2, -0.15) is 0 Å². The van der Waals surface area contributed by atoms with E-state index in [4.69, 9.17) is 41.8 Å². The van der Waals surface area contributed by atoms with Crippen LogP contribution in [0.4, 0.5) is 5.69 Å². The number of allylic oxidation sites excluding steroid dienone is 1. The summed E-state index contributed by atoms with van der Waals surface area (Å²) >= 11 is 5.95. The predicted octanol–water partition coefficient (Wildman–Crippen LogP) is 5.45. The number of amides is 2. The maximum absolute atomic E-state index is 11.9. The molecule has 0 aliphatic carbocycles. The van der Waals surface area contributed by atoms with Gasteiger partial charge in [0.2, 0.25) is 11.8 Å². The van der Waals surface area contributed by atoms with Gasteiger partial charge in [-0.25, -0.2) is 4.79 Å². The molecule has 0 aromatic heterocycles. The lowest BCUT2D eigenvalue weighted by Gasteiger charge is -2.25. The van der Waals surface area contributed by atoms with Crippen LogP contribution in [-0.2, 0) is 46.5 Å². The second-order valence-corrected chi connectivity index (χ2v) is 13.3. The minimum atomic E-state index is -1.16. The average molecular weight is 750 g/mol. The molecular weight excluding hydrogens is 694 g/mol. The molecule has 2 atom stereocenters. The van der Waals surface area contributed by atoms with E-state index in [1.54, 1.807) is 45.0 Å². The van der Waals surface area contributed by atoms with Crippen molar-refractivity contribution in [2.24, 2.45) is 17.1 Å². The summed E-state index contributed by atoms with van der Waals surface area (Å²) in [5.74, 6) is -1.97. The van der Waals surface area contributed by atoms with Crippen molar-refractivity contribution < 1.29 is 48.4 Å². The van der Waals surface area contributed by atoms with Gasteiger partial charge in [0.25, 0.3) is 0 Å². The van der Waals surface area contributed by atoms with Gasteiger partial charge in [0.1, 0.15) is 12.4 Å². The SMILES string of the molecule is CC(=O)NCC(C)(C)C(=O)OC(CC(C)C)C(=O)O.CCc1ccc(COC(=O)CN)cc1.COc1ccc(NC(=O)/C=C/CCC(C)O)cc1Cl. The van der Waals surface area contributed by atoms with Crippen molar-refractivity contribution in [3.63, 3.8) is 0 Å². The normalized spacial score (nSPS) is 11.9. The highest BCUT2D eigenvalue weighted by Crippen LogP contribution is 2.27. The molecule has 0 fully saturated rings. The maximum atomic E-state index is 11.9. The first kappa shape index (κ1) is 47.5. The zero-order valence-corrected chi connectivity index (χ0v) is 32.2. The number of carboxylic acids is 1. The first-order chi connectivity index (χ1) is 24.3. The molecule has 0 radical (unpaired) electrons. The Morgan fingerprint density at radius 1 is 1.02 bits per heavy atom. The van der Waals surface area contributed by atoms with Gasteiger partial charge in [0, 0.05) is 19.2 Å². The zero-order valence-electron chi connectivity index (χ0n) is 31.5. The number of halogens is 1. The van der Waals surface area contributed by atoms with Crippen LogP contribution >= 0.6 is 11.6 Å². The molecule has 6 N–H and O–H groups in total. The van der Waals surface area contributed by atoms with Crippen molar-refractivity contribution >= 4 is 47.0 Å². The number of carbonyl (C=O) groups excluding carboxylic acids is 4. The number of ether oxygens (including phenoxy) is 3. The molecule has 14 heteroatoms. The Hall–Kier alpha value is -4.46. The summed E-state index contributed by atoms with van der Waals surface area (Å²) in [7, 11) is 1.53. The molecule has 52 heavy (non-hydrogen) atoms. The van der Waals surface area contributed by atoms with Crippen LogP contribution in [0.25, 0.3) is 0 Å². The van der Waals surface area contributed by atoms with E-state index in [1.165, 1.54) is 25.7 Å². The van der Waals surface area contributed by atoms with Crippen LogP contribution < -0.4 is 21.1 Å². The number of rotatable bonds is 17. The Kier molecular flexibility index (Phi) is 23.3. The number of aliphatic carboxylic acids is 1. The molecule has 290 valence electrons. The summed E-state index contributed by atoms with van der Waals surface area (Å²) in [6, 6.07) is 13.0. The van der Waals surface area contributed by atoms with E-state index in [0.29, 0.717) is 35.9 Å². The highest BCUT2D eigenvalue weighted by atomic mass is 35.5. The standard InChI is InChI=1S/C14H18ClNO3.C13H23NO5.C11H15NO2/c1-10(17)5-3-4-6-14(18)16-11-7-8-13(19-2)12(15)9-11;1-8(2)6-10(11(16)17)19-12(18)13(4,5)7-14-9(3)15;1-2-9-3-5-10(6-4-9)8-14-11(13)7-12/h4,6-10,17H,3,5H2,1-2H3,(H,16,18);8,10H,6-7H2,1-5H3,(H,14,15)(H,16,17);3-6H,2,7-8,12H2,1H3/b6-4+;;. The number of methoxy groups -OCH3 is 1. The van der Waals surface area contributed by atoms with Gasteiger partial charge in [-0.1, -0.05) is 62.7 Å². The molecule has 0 saturated carbocycles. The fourth-order valence-corrected chi connectivity index (χ4v) is 4.14. The number of benzene rings is 2. The van der Waals surface area contributed by atoms with E-state index in [-0.39, 0.29) is 49.3 Å². The molecule has 0 heterocycles. The summed E-state index contributed by atoms with van der Waals surface area (Å²) in [6.07, 6.45) is 4.25. The van der Waals surface area contributed by atoms with Crippen LogP contribution in [0, 0.1) is 11.3 Å². The van der Waals surface area contributed by atoms with Crippen LogP contribution in [0.15, 0.2) is 54.6 Å². The van der Waals surface area contributed by atoms with Crippen molar-refractivity contribution in [2.45, 2.75) is 93.0 Å². The van der Waals surface area contributed by atoms with E-state index in [0.717, 1.165) is 12.0 Å². The second kappa shape index (κ2) is 25.5. The summed E-state index contributed by atoms with van der Waals surface area (Å²) in [6.45, 7) is 12.4. The van der Waals surface area contributed by atoms with Gasteiger partial charge < -0.3 is 40.8 Å². The molecule has 0 saturated heterocycles. The third kappa shape index (κ3) is 21.7. The van der Waals surface area contributed by atoms with Gasteiger partial charge in [0.15, 0.2) is 6.10 Å². The molecule has 2 aromatic rings. The topological polar surface area (TPSA) is 204 Å². The summed E-state index contributed by atoms with van der Waals surface area (Å²) in [4.78, 5) is 56.1. The van der Waals surface area contributed by atoms with E-state index in [1.807, 2.05) is 38.1 Å². The molecule has 2 aromatic carbocycles. The molecule has 13 nitrogen and oxygen atoms in total. The molecule has 0 spiro atoms. The highest BCUT2D eigenvalue weighted by Gasteiger charge is 2.34. The average Bonchev–Trinajstić information content (AvgIpc) is 3.08. The number of nitrogens with two attached hydrogens (primary N) is 1. The maximum Gasteiger partial charge on any atom is 0.345 e. The Morgan fingerprint density at radius 2 is 1.63 bits per heavy atom. The number of anilines is 1. The Bertz CT molecular complexity index is 1440. The largest absolute Gasteiger partial charge is 0.495 e. The Balaban J connectivity index is 0.000000760. The molecular formula is C38H56ClN3O10. The van der Waals surface area contributed by atoms with Gasteiger partial charge in [-0.05, 0) is 87.8 Å². The lowest BCUT2D eigenvalue weighted by atomic mass is 9.93. The van der Waals surface area contributed by atoms with Crippen LogP contribution in [0.5, 0.6) is 5.75 Å². The molecule has 2 rings (SSSR count). The number of carboxylic acid groups (broad SMARTS) is 1. The van der Waals surface area contributed by atoms with Crippen molar-refractivity contribution in [2.75, 3.05) is 25.5 Å². The fourth-order valence-electron chi connectivity index (χ4n) is 3.88.